The predicted octanol–water partition coefficient (Wildman–Crippen LogP) is 9.72. The van der Waals surface area contributed by atoms with Crippen molar-refractivity contribution in [2.45, 2.75) is 0 Å². The van der Waals surface area contributed by atoms with Gasteiger partial charge in [0.05, 0.1) is 22.4 Å². The van der Waals surface area contributed by atoms with Gasteiger partial charge < -0.3 is 9.47 Å². The van der Waals surface area contributed by atoms with Gasteiger partial charge in [0.1, 0.15) is 22.1 Å². The number of fused-ring (bicyclic) bond motifs is 5. The molecule has 0 saturated carbocycles. The Balaban J connectivity index is 1.06. The fraction of sp³-hybridized carbons (Fsp3) is 0. The lowest BCUT2D eigenvalue weighted by Gasteiger charge is -2.26. The SMILES string of the molecule is c1ccc2nn(-c3ccc(N(c4ccc(-n5nc6ccccc6n5)cc4)c4ccc(-n5c6ccccc6c6ccccc65)cc4)cc3)nc2c1. The Bertz CT molecular complexity index is 2570. The lowest BCUT2D eigenvalue weighted by molar-refractivity contribution is 0.765. The molecule has 0 bridgehead atoms. The Labute approximate surface area is 286 Å². The van der Waals surface area contributed by atoms with Gasteiger partial charge in [-0.3, -0.25) is 0 Å². The summed E-state index contributed by atoms with van der Waals surface area (Å²) in [4.78, 5) is 5.63. The van der Waals surface area contributed by atoms with Crippen molar-refractivity contribution in [3.05, 3.63) is 170 Å². The highest BCUT2D eigenvalue weighted by molar-refractivity contribution is 6.09. The van der Waals surface area contributed by atoms with Gasteiger partial charge in [0.15, 0.2) is 0 Å². The van der Waals surface area contributed by atoms with Crippen LogP contribution in [0.1, 0.15) is 0 Å². The Morgan fingerprint density at radius 2 is 0.640 bits per heavy atom. The maximum atomic E-state index is 4.68. The summed E-state index contributed by atoms with van der Waals surface area (Å²) in [7, 11) is 0. The molecule has 3 heterocycles. The van der Waals surface area contributed by atoms with Gasteiger partial charge in [-0.05, 0) is 109 Å². The zero-order valence-corrected chi connectivity index (χ0v) is 26.7. The van der Waals surface area contributed by atoms with E-state index in [1.165, 1.54) is 21.8 Å². The summed E-state index contributed by atoms with van der Waals surface area (Å²) >= 11 is 0. The summed E-state index contributed by atoms with van der Waals surface area (Å²) in [6.07, 6.45) is 0. The third-order valence-electron chi connectivity index (χ3n) is 9.20. The van der Waals surface area contributed by atoms with Gasteiger partial charge in [0.2, 0.25) is 0 Å². The van der Waals surface area contributed by atoms with Crippen LogP contribution < -0.4 is 4.90 Å². The first kappa shape index (κ1) is 28.0. The largest absolute Gasteiger partial charge is 0.310 e. The minimum atomic E-state index is 0.862. The first-order valence-electron chi connectivity index (χ1n) is 16.5. The molecular weight excluding hydrogens is 617 g/mol. The Kier molecular flexibility index (Phi) is 6.32. The van der Waals surface area contributed by atoms with E-state index in [2.05, 4.69) is 151 Å². The van der Waals surface area contributed by atoms with Crippen LogP contribution in [0.3, 0.4) is 0 Å². The fourth-order valence-corrected chi connectivity index (χ4v) is 6.82. The Morgan fingerprint density at radius 3 is 1.02 bits per heavy atom. The standard InChI is InChI=1S/C42H28N8/c1-7-15-41-35(9-1)36-10-2-8-16-42(36)48(41)32-19-17-29(18-20-32)47(30-21-25-33(26-22-30)49-43-37-11-3-4-12-38(37)44-49)31-23-27-34(28-24-31)50-45-39-13-5-6-14-40(39)46-50/h1-28H. The van der Waals surface area contributed by atoms with Crippen LogP contribution in [-0.2, 0) is 0 Å². The van der Waals surface area contributed by atoms with E-state index in [0.29, 0.717) is 0 Å². The minimum Gasteiger partial charge on any atom is -0.310 e. The van der Waals surface area contributed by atoms with Gasteiger partial charge in [-0.25, -0.2) is 0 Å². The number of hydrogen-bond acceptors (Lipinski definition) is 5. The molecule has 0 saturated heterocycles. The van der Waals surface area contributed by atoms with Crippen molar-refractivity contribution in [2.24, 2.45) is 0 Å². The zero-order chi connectivity index (χ0) is 33.0. The molecule has 0 radical (unpaired) electrons. The van der Waals surface area contributed by atoms with Crippen molar-refractivity contribution < 1.29 is 0 Å². The summed E-state index contributed by atoms with van der Waals surface area (Å²) in [5, 5.41) is 21.2. The number of anilines is 3. The van der Waals surface area contributed by atoms with E-state index in [9.17, 15) is 0 Å². The minimum absolute atomic E-state index is 0.862. The Morgan fingerprint density at radius 1 is 0.320 bits per heavy atom. The van der Waals surface area contributed by atoms with E-state index < -0.39 is 0 Å². The maximum absolute atomic E-state index is 4.68. The molecule has 0 amide bonds. The molecule has 0 aliphatic heterocycles. The van der Waals surface area contributed by atoms with Crippen LogP contribution in [0.2, 0.25) is 0 Å². The topological polar surface area (TPSA) is 69.6 Å². The second-order valence-electron chi connectivity index (χ2n) is 12.2. The van der Waals surface area contributed by atoms with E-state index in [-0.39, 0.29) is 0 Å². The van der Waals surface area contributed by atoms with Crippen molar-refractivity contribution in [3.63, 3.8) is 0 Å². The molecule has 236 valence electrons. The molecule has 0 fully saturated rings. The van der Waals surface area contributed by atoms with Crippen LogP contribution >= 0.6 is 0 Å². The fourth-order valence-electron chi connectivity index (χ4n) is 6.82. The molecule has 7 aromatic carbocycles. The van der Waals surface area contributed by atoms with E-state index in [0.717, 1.165) is 56.2 Å². The summed E-state index contributed by atoms with van der Waals surface area (Å²) in [5.41, 5.74) is 11.7. The van der Waals surface area contributed by atoms with E-state index in [1.807, 2.05) is 48.5 Å². The van der Waals surface area contributed by atoms with E-state index in [4.69, 9.17) is 0 Å². The summed E-state index contributed by atoms with van der Waals surface area (Å²) in [5.74, 6) is 0. The molecule has 50 heavy (non-hydrogen) atoms. The average molecular weight is 645 g/mol. The summed E-state index contributed by atoms with van der Waals surface area (Å²) < 4.78 is 2.34. The predicted molar refractivity (Wildman–Crippen MR) is 200 cm³/mol. The normalized spacial score (nSPS) is 11.6. The van der Waals surface area contributed by atoms with Crippen LogP contribution in [0.15, 0.2) is 170 Å². The lowest BCUT2D eigenvalue weighted by Crippen LogP contribution is -2.11. The van der Waals surface area contributed by atoms with Crippen molar-refractivity contribution in [2.75, 3.05) is 4.90 Å². The van der Waals surface area contributed by atoms with Crippen molar-refractivity contribution in [1.82, 2.24) is 34.6 Å². The highest BCUT2D eigenvalue weighted by atomic mass is 15.5. The van der Waals surface area contributed by atoms with Gasteiger partial charge in [0, 0.05) is 33.5 Å². The molecule has 3 aromatic heterocycles. The molecule has 0 atom stereocenters. The van der Waals surface area contributed by atoms with Gasteiger partial charge in [0.25, 0.3) is 0 Å². The van der Waals surface area contributed by atoms with Gasteiger partial charge in [-0.1, -0.05) is 60.7 Å². The first-order valence-corrected chi connectivity index (χ1v) is 16.5. The van der Waals surface area contributed by atoms with Crippen LogP contribution in [0.25, 0.3) is 60.9 Å². The molecule has 10 rings (SSSR count). The molecule has 0 N–H and O–H groups in total. The second kappa shape index (κ2) is 11.3. The quantitative estimate of drug-likeness (QED) is 0.180. The van der Waals surface area contributed by atoms with Gasteiger partial charge >= 0.3 is 0 Å². The van der Waals surface area contributed by atoms with Crippen LogP contribution in [-0.4, -0.2) is 34.6 Å². The molecule has 0 aliphatic carbocycles. The van der Waals surface area contributed by atoms with Crippen molar-refractivity contribution >= 4 is 60.9 Å². The first-order chi connectivity index (χ1) is 24.8. The average Bonchev–Trinajstić information content (AvgIpc) is 3.90. The van der Waals surface area contributed by atoms with Crippen LogP contribution in [0.5, 0.6) is 0 Å². The van der Waals surface area contributed by atoms with Gasteiger partial charge in [-0.15, -0.1) is 20.4 Å². The molecule has 10 aromatic rings. The summed E-state index contributed by atoms with van der Waals surface area (Å²) in [6, 6.07) is 58.4. The summed E-state index contributed by atoms with van der Waals surface area (Å²) in [6.45, 7) is 0. The van der Waals surface area contributed by atoms with Crippen LogP contribution in [0, 0.1) is 0 Å². The van der Waals surface area contributed by atoms with E-state index in [1.54, 1.807) is 9.59 Å². The number of aromatic nitrogens is 7. The maximum Gasteiger partial charge on any atom is 0.113 e. The molecule has 8 nitrogen and oxygen atoms in total. The number of nitrogens with zero attached hydrogens (tertiary/aromatic N) is 8. The Hall–Kier alpha value is -7.06. The molecule has 0 spiro atoms. The highest BCUT2D eigenvalue weighted by Crippen LogP contribution is 2.37. The second-order valence-corrected chi connectivity index (χ2v) is 12.2. The van der Waals surface area contributed by atoms with E-state index >= 15 is 0 Å². The van der Waals surface area contributed by atoms with Gasteiger partial charge in [-0.2, -0.15) is 9.59 Å². The molecule has 0 aliphatic rings. The number of rotatable bonds is 6. The van der Waals surface area contributed by atoms with Crippen molar-refractivity contribution in [3.8, 4) is 17.1 Å². The smallest absolute Gasteiger partial charge is 0.113 e. The number of hydrogen-bond donors (Lipinski definition) is 0. The molecule has 8 heteroatoms. The monoisotopic (exact) mass is 644 g/mol. The van der Waals surface area contributed by atoms with Crippen LogP contribution in [0.4, 0.5) is 17.1 Å². The molecule has 0 unspecified atom stereocenters. The zero-order valence-electron chi connectivity index (χ0n) is 26.7. The molecular formula is C42H28N8. The highest BCUT2D eigenvalue weighted by Gasteiger charge is 2.16. The number of para-hydroxylation sites is 2. The third-order valence-corrected chi connectivity index (χ3v) is 9.20. The third kappa shape index (κ3) is 4.62. The lowest BCUT2D eigenvalue weighted by atomic mass is 10.1. The number of benzene rings is 7. The van der Waals surface area contributed by atoms with Crippen molar-refractivity contribution in [1.29, 1.82) is 0 Å².